The van der Waals surface area contributed by atoms with Gasteiger partial charge in [0.2, 0.25) is 0 Å². The highest BCUT2D eigenvalue weighted by Crippen LogP contribution is 2.58. The van der Waals surface area contributed by atoms with Gasteiger partial charge in [0.1, 0.15) is 0 Å². The van der Waals surface area contributed by atoms with Crippen LogP contribution in [0.1, 0.15) is 74.0 Å². The Balaban J connectivity index is 1.35. The maximum atomic E-state index is 2.55. The molecular formula is C26H30. The van der Waals surface area contributed by atoms with Crippen molar-refractivity contribution in [3.8, 4) is 0 Å². The Morgan fingerprint density at radius 2 is 1.73 bits per heavy atom. The van der Waals surface area contributed by atoms with Gasteiger partial charge in [-0.1, -0.05) is 61.7 Å². The summed E-state index contributed by atoms with van der Waals surface area (Å²) in [6.45, 7) is 0. The Bertz CT molecular complexity index is 882. The molecule has 2 aromatic rings. The second-order valence-corrected chi connectivity index (χ2v) is 9.79. The Morgan fingerprint density at radius 1 is 0.846 bits per heavy atom. The molecule has 3 atom stereocenters. The van der Waals surface area contributed by atoms with E-state index in [2.05, 4.69) is 42.5 Å². The molecule has 0 heterocycles. The van der Waals surface area contributed by atoms with Crippen molar-refractivity contribution in [2.75, 3.05) is 0 Å². The summed E-state index contributed by atoms with van der Waals surface area (Å²) >= 11 is 0. The van der Waals surface area contributed by atoms with Crippen molar-refractivity contribution in [2.45, 2.75) is 70.1 Å². The van der Waals surface area contributed by atoms with E-state index in [0.717, 1.165) is 17.8 Å². The first-order chi connectivity index (χ1) is 12.8. The van der Waals surface area contributed by atoms with Gasteiger partial charge in [-0.2, -0.15) is 0 Å². The highest BCUT2D eigenvalue weighted by Gasteiger charge is 2.49. The first-order valence-electron chi connectivity index (χ1n) is 11.0. The molecule has 0 heteroatoms. The largest absolute Gasteiger partial charge is 0.0851 e. The third-order valence-corrected chi connectivity index (χ3v) is 8.32. The molecule has 0 amide bonds. The van der Waals surface area contributed by atoms with Crippen LogP contribution in [-0.4, -0.2) is 0 Å². The van der Waals surface area contributed by atoms with Gasteiger partial charge < -0.3 is 0 Å². The fraction of sp³-hybridized carbons (Fsp3) is 0.538. The zero-order chi connectivity index (χ0) is 17.1. The maximum Gasteiger partial charge on any atom is -0.0162 e. The Labute approximate surface area is 157 Å². The molecule has 2 fully saturated rings. The van der Waals surface area contributed by atoms with E-state index in [1.807, 2.05) is 0 Å². The van der Waals surface area contributed by atoms with Crippen LogP contribution in [0.25, 0.3) is 10.8 Å². The first-order valence-corrected chi connectivity index (χ1v) is 11.0. The summed E-state index contributed by atoms with van der Waals surface area (Å²) in [5, 5.41) is 2.97. The Hall–Kier alpha value is -1.56. The average molecular weight is 343 g/mol. The van der Waals surface area contributed by atoms with Crippen LogP contribution in [0.3, 0.4) is 0 Å². The highest BCUT2D eigenvalue weighted by molar-refractivity contribution is 5.85. The second kappa shape index (κ2) is 5.72. The standard InChI is InChI=1S/C26H30/c1-2-4-19(5-3-1)20-7-8-21-15-24-17-26(16-18-6-9-25(26)12-18)11-10-22(24)14-23(21)13-20/h6-9,13-15,18-19,25H,1-5,10-12,16-17H2. The number of benzene rings is 2. The lowest BCUT2D eigenvalue weighted by molar-refractivity contribution is 0.195. The van der Waals surface area contributed by atoms with Gasteiger partial charge in [0.25, 0.3) is 0 Å². The van der Waals surface area contributed by atoms with Crippen LogP contribution in [0.2, 0.25) is 0 Å². The lowest BCUT2D eigenvalue weighted by Gasteiger charge is -2.40. The van der Waals surface area contributed by atoms with E-state index in [4.69, 9.17) is 0 Å². The molecule has 1 spiro atoms. The Morgan fingerprint density at radius 3 is 2.54 bits per heavy atom. The van der Waals surface area contributed by atoms with Crippen LogP contribution in [-0.2, 0) is 12.8 Å². The SMILES string of the molecule is C1=CC2CC1CC21CCc2cc3cc(C4CCCCC4)ccc3cc2C1. The second-order valence-electron chi connectivity index (χ2n) is 9.79. The monoisotopic (exact) mass is 342 g/mol. The molecule has 4 aliphatic rings. The zero-order valence-electron chi connectivity index (χ0n) is 15.8. The molecule has 4 aliphatic carbocycles. The molecule has 0 aromatic heterocycles. The number of aryl methyl sites for hydroxylation is 1. The average Bonchev–Trinajstić information content (AvgIpc) is 3.28. The predicted molar refractivity (Wildman–Crippen MR) is 110 cm³/mol. The Kier molecular flexibility index (Phi) is 3.41. The minimum Gasteiger partial charge on any atom is -0.0851 e. The number of allylic oxidation sites excluding steroid dienone is 2. The highest BCUT2D eigenvalue weighted by atomic mass is 14.5. The molecule has 6 rings (SSSR count). The minimum absolute atomic E-state index is 0.599. The first kappa shape index (κ1) is 15.5. The summed E-state index contributed by atoms with van der Waals surface area (Å²) in [7, 11) is 0. The van der Waals surface area contributed by atoms with E-state index >= 15 is 0 Å². The third-order valence-electron chi connectivity index (χ3n) is 8.32. The van der Waals surface area contributed by atoms with Gasteiger partial charge in [-0.3, -0.25) is 0 Å². The number of rotatable bonds is 1. The van der Waals surface area contributed by atoms with Gasteiger partial charge in [0.15, 0.2) is 0 Å². The molecule has 0 saturated heterocycles. The van der Waals surface area contributed by atoms with Gasteiger partial charge in [0.05, 0.1) is 0 Å². The van der Waals surface area contributed by atoms with Crippen LogP contribution in [0.5, 0.6) is 0 Å². The van der Waals surface area contributed by atoms with Gasteiger partial charge in [-0.05, 0) is 95.6 Å². The normalized spacial score (nSPS) is 33.2. The van der Waals surface area contributed by atoms with E-state index in [0.29, 0.717) is 5.41 Å². The van der Waals surface area contributed by atoms with Crippen molar-refractivity contribution in [3.05, 3.63) is 59.2 Å². The van der Waals surface area contributed by atoms with Crippen LogP contribution < -0.4 is 0 Å². The molecule has 3 unspecified atom stereocenters. The predicted octanol–water partition coefficient (Wildman–Crippen LogP) is 6.96. The van der Waals surface area contributed by atoms with Crippen molar-refractivity contribution < 1.29 is 0 Å². The summed E-state index contributed by atoms with van der Waals surface area (Å²) in [6, 6.07) is 12.5. The summed E-state index contributed by atoms with van der Waals surface area (Å²) < 4.78 is 0. The molecule has 0 N–H and O–H groups in total. The van der Waals surface area contributed by atoms with Crippen molar-refractivity contribution in [1.29, 1.82) is 0 Å². The molecule has 26 heavy (non-hydrogen) atoms. The van der Waals surface area contributed by atoms with Crippen LogP contribution >= 0.6 is 0 Å². The number of hydrogen-bond donors (Lipinski definition) is 0. The molecule has 0 aliphatic heterocycles. The molecule has 2 aromatic carbocycles. The van der Waals surface area contributed by atoms with Crippen LogP contribution in [0.4, 0.5) is 0 Å². The molecule has 2 saturated carbocycles. The van der Waals surface area contributed by atoms with Crippen molar-refractivity contribution >= 4 is 10.8 Å². The molecule has 2 bridgehead atoms. The van der Waals surface area contributed by atoms with E-state index in [1.165, 1.54) is 75.0 Å². The van der Waals surface area contributed by atoms with E-state index < -0.39 is 0 Å². The van der Waals surface area contributed by atoms with Crippen molar-refractivity contribution in [3.63, 3.8) is 0 Å². The number of hydrogen-bond acceptors (Lipinski definition) is 0. The minimum atomic E-state index is 0.599. The summed E-state index contributed by atoms with van der Waals surface area (Å²) in [5.41, 5.74) is 5.51. The fourth-order valence-corrected chi connectivity index (χ4v) is 6.89. The summed E-state index contributed by atoms with van der Waals surface area (Å²) in [5.74, 6) is 2.57. The summed E-state index contributed by atoms with van der Waals surface area (Å²) in [4.78, 5) is 0. The zero-order valence-corrected chi connectivity index (χ0v) is 15.8. The maximum absolute atomic E-state index is 2.55. The van der Waals surface area contributed by atoms with Gasteiger partial charge in [-0.15, -0.1) is 0 Å². The molecule has 0 radical (unpaired) electrons. The summed E-state index contributed by atoms with van der Waals surface area (Å²) in [6.07, 6.45) is 19.1. The fourth-order valence-electron chi connectivity index (χ4n) is 6.89. The topological polar surface area (TPSA) is 0 Å². The lowest BCUT2D eigenvalue weighted by atomic mass is 9.64. The molecule has 0 nitrogen and oxygen atoms in total. The molecular weight excluding hydrogens is 312 g/mol. The smallest absolute Gasteiger partial charge is 0.0162 e. The van der Waals surface area contributed by atoms with Gasteiger partial charge in [0, 0.05) is 0 Å². The number of fused-ring (bicyclic) bond motifs is 5. The molecule has 134 valence electrons. The van der Waals surface area contributed by atoms with E-state index in [-0.39, 0.29) is 0 Å². The van der Waals surface area contributed by atoms with Crippen LogP contribution in [0.15, 0.2) is 42.5 Å². The van der Waals surface area contributed by atoms with Crippen molar-refractivity contribution in [2.24, 2.45) is 17.3 Å². The quantitative estimate of drug-likeness (QED) is 0.491. The van der Waals surface area contributed by atoms with E-state index in [1.54, 1.807) is 16.7 Å². The van der Waals surface area contributed by atoms with E-state index in [9.17, 15) is 0 Å². The lowest BCUT2D eigenvalue weighted by Crippen LogP contribution is -2.32. The third kappa shape index (κ3) is 2.34. The van der Waals surface area contributed by atoms with Gasteiger partial charge >= 0.3 is 0 Å². The van der Waals surface area contributed by atoms with Gasteiger partial charge in [-0.25, -0.2) is 0 Å². The van der Waals surface area contributed by atoms with Crippen molar-refractivity contribution in [1.82, 2.24) is 0 Å². The van der Waals surface area contributed by atoms with Crippen LogP contribution in [0, 0.1) is 17.3 Å².